The first-order valence-electron chi connectivity index (χ1n) is 9.88. The van der Waals surface area contributed by atoms with E-state index in [1.807, 2.05) is 54.6 Å². The second-order valence-corrected chi connectivity index (χ2v) is 7.11. The van der Waals surface area contributed by atoms with E-state index in [-0.39, 0.29) is 17.8 Å². The van der Waals surface area contributed by atoms with Gasteiger partial charge in [0.15, 0.2) is 11.9 Å². The Balaban J connectivity index is 1.51. The monoisotopic (exact) mass is 430 g/mol. The summed E-state index contributed by atoms with van der Waals surface area (Å²) in [5.74, 6) is -1.40. The number of halogens is 1. The van der Waals surface area contributed by atoms with Gasteiger partial charge in [-0.1, -0.05) is 54.6 Å². The minimum atomic E-state index is -1.14. The van der Waals surface area contributed by atoms with E-state index in [4.69, 9.17) is 0 Å². The third-order valence-corrected chi connectivity index (χ3v) is 4.91. The van der Waals surface area contributed by atoms with Gasteiger partial charge in [0.25, 0.3) is 5.91 Å². The van der Waals surface area contributed by atoms with E-state index in [2.05, 4.69) is 21.2 Å². The first-order valence-corrected chi connectivity index (χ1v) is 9.88. The molecule has 1 heterocycles. The summed E-state index contributed by atoms with van der Waals surface area (Å²) in [6.45, 7) is 0. The standard InChI is InChI=1S/C24H19FN4O3/c25-18-12-10-16(11-13-18)23(31)28-29-24(32)27-22-20(30)14-17-8-4-5-9-19(17)21(26-22)15-6-2-1-3-7-15/h1-13,22H,14H2,(H,28,31)(H2,27,29,32). The molecule has 1 unspecified atom stereocenters. The van der Waals surface area contributed by atoms with Gasteiger partial charge < -0.3 is 5.32 Å². The molecular weight excluding hydrogens is 411 g/mol. The molecule has 0 saturated carbocycles. The molecule has 32 heavy (non-hydrogen) atoms. The second kappa shape index (κ2) is 9.22. The molecule has 0 aromatic heterocycles. The molecule has 8 heteroatoms. The average Bonchev–Trinajstić information content (AvgIpc) is 2.95. The van der Waals surface area contributed by atoms with Crippen molar-refractivity contribution >= 4 is 23.4 Å². The molecule has 0 radical (unpaired) electrons. The van der Waals surface area contributed by atoms with Crippen LogP contribution in [0.15, 0.2) is 83.9 Å². The third kappa shape index (κ3) is 4.70. The lowest BCUT2D eigenvalue weighted by atomic mass is 9.96. The topological polar surface area (TPSA) is 99.7 Å². The van der Waals surface area contributed by atoms with E-state index in [0.29, 0.717) is 5.71 Å². The molecule has 3 aromatic rings. The lowest BCUT2D eigenvalue weighted by Gasteiger charge is -2.14. The Morgan fingerprint density at radius 1 is 0.875 bits per heavy atom. The molecule has 4 rings (SSSR count). The van der Waals surface area contributed by atoms with Gasteiger partial charge in [-0.05, 0) is 29.8 Å². The molecule has 3 amide bonds. The maximum Gasteiger partial charge on any atom is 0.335 e. The molecule has 0 aliphatic carbocycles. The number of ketones is 1. The predicted molar refractivity (Wildman–Crippen MR) is 117 cm³/mol. The molecule has 0 fully saturated rings. The number of hydrogen-bond acceptors (Lipinski definition) is 4. The normalized spacial score (nSPS) is 15.1. The van der Waals surface area contributed by atoms with Gasteiger partial charge in [0.1, 0.15) is 5.82 Å². The van der Waals surface area contributed by atoms with Crippen LogP contribution >= 0.6 is 0 Å². The number of benzene rings is 3. The predicted octanol–water partition coefficient (Wildman–Crippen LogP) is 2.76. The summed E-state index contributed by atoms with van der Waals surface area (Å²) >= 11 is 0. The quantitative estimate of drug-likeness (QED) is 0.557. The number of carbonyl (C=O) groups excluding carboxylic acids is 3. The van der Waals surface area contributed by atoms with Gasteiger partial charge in [0.05, 0.1) is 5.71 Å². The van der Waals surface area contributed by atoms with Gasteiger partial charge in [-0.15, -0.1) is 0 Å². The summed E-state index contributed by atoms with van der Waals surface area (Å²) in [6.07, 6.45) is -1.04. The Bertz CT molecular complexity index is 1190. The molecular formula is C24H19FN4O3. The van der Waals surface area contributed by atoms with Crippen LogP contribution in [-0.2, 0) is 11.2 Å². The zero-order chi connectivity index (χ0) is 22.5. The number of Topliss-reactive ketones (excluding diaryl/α,β-unsaturated/α-hetero) is 1. The van der Waals surface area contributed by atoms with E-state index >= 15 is 0 Å². The molecule has 0 bridgehead atoms. The van der Waals surface area contributed by atoms with Crippen molar-refractivity contribution < 1.29 is 18.8 Å². The molecule has 0 spiro atoms. The molecule has 3 aromatic carbocycles. The van der Waals surface area contributed by atoms with Crippen LogP contribution in [0.25, 0.3) is 0 Å². The highest BCUT2D eigenvalue weighted by Crippen LogP contribution is 2.21. The fourth-order valence-corrected chi connectivity index (χ4v) is 3.35. The fourth-order valence-electron chi connectivity index (χ4n) is 3.35. The number of aliphatic imine (C=N–C) groups is 1. The van der Waals surface area contributed by atoms with Crippen molar-refractivity contribution in [2.75, 3.05) is 0 Å². The summed E-state index contributed by atoms with van der Waals surface area (Å²) in [5.41, 5.74) is 7.61. The lowest BCUT2D eigenvalue weighted by molar-refractivity contribution is -0.119. The summed E-state index contributed by atoms with van der Waals surface area (Å²) in [6, 6.07) is 20.9. The first kappa shape index (κ1) is 20.9. The molecule has 0 saturated heterocycles. The maximum atomic E-state index is 13.0. The third-order valence-electron chi connectivity index (χ3n) is 4.91. The van der Waals surface area contributed by atoms with Crippen LogP contribution < -0.4 is 16.2 Å². The van der Waals surface area contributed by atoms with Gasteiger partial charge >= 0.3 is 6.03 Å². The van der Waals surface area contributed by atoms with Crippen LogP contribution in [0.1, 0.15) is 27.0 Å². The van der Waals surface area contributed by atoms with Gasteiger partial charge in [0.2, 0.25) is 0 Å². The van der Waals surface area contributed by atoms with Crippen LogP contribution in [0.3, 0.4) is 0 Å². The fraction of sp³-hybridized carbons (Fsp3) is 0.0833. The van der Waals surface area contributed by atoms with Crippen molar-refractivity contribution in [3.8, 4) is 0 Å². The van der Waals surface area contributed by atoms with Crippen LogP contribution in [0, 0.1) is 5.82 Å². The molecule has 1 aliphatic heterocycles. The zero-order valence-electron chi connectivity index (χ0n) is 16.8. The summed E-state index contributed by atoms with van der Waals surface area (Å²) in [7, 11) is 0. The number of amides is 3. The van der Waals surface area contributed by atoms with Crippen molar-refractivity contribution in [2.45, 2.75) is 12.6 Å². The number of hydrogen-bond donors (Lipinski definition) is 3. The minimum Gasteiger partial charge on any atom is -0.308 e. The lowest BCUT2D eigenvalue weighted by Crippen LogP contribution is -2.51. The van der Waals surface area contributed by atoms with Crippen molar-refractivity contribution in [1.29, 1.82) is 0 Å². The summed E-state index contributed by atoms with van der Waals surface area (Å²) in [4.78, 5) is 41.8. The number of nitrogens with one attached hydrogen (secondary N) is 3. The van der Waals surface area contributed by atoms with E-state index in [1.54, 1.807) is 0 Å². The van der Waals surface area contributed by atoms with E-state index < -0.39 is 23.9 Å². The van der Waals surface area contributed by atoms with Crippen molar-refractivity contribution in [3.63, 3.8) is 0 Å². The number of urea groups is 1. The second-order valence-electron chi connectivity index (χ2n) is 7.11. The van der Waals surface area contributed by atoms with Crippen LogP contribution in [0.4, 0.5) is 9.18 Å². The SMILES string of the molecule is O=C(NNC(=O)c1ccc(F)cc1)NC1N=C(c2ccccc2)c2ccccc2CC1=O. The Labute approximate surface area is 183 Å². The van der Waals surface area contributed by atoms with Crippen molar-refractivity contribution in [3.05, 3.63) is 107 Å². The van der Waals surface area contributed by atoms with Crippen LogP contribution in [-0.4, -0.2) is 29.6 Å². The molecule has 1 aliphatic rings. The number of rotatable bonds is 3. The minimum absolute atomic E-state index is 0.100. The molecule has 3 N–H and O–H groups in total. The highest BCUT2D eigenvalue weighted by atomic mass is 19.1. The maximum absolute atomic E-state index is 13.0. The zero-order valence-corrected chi connectivity index (χ0v) is 16.8. The largest absolute Gasteiger partial charge is 0.335 e. The van der Waals surface area contributed by atoms with Gasteiger partial charge in [-0.3, -0.25) is 20.0 Å². The van der Waals surface area contributed by atoms with Crippen molar-refractivity contribution in [1.82, 2.24) is 16.2 Å². The molecule has 7 nitrogen and oxygen atoms in total. The van der Waals surface area contributed by atoms with Crippen LogP contribution in [0.5, 0.6) is 0 Å². The van der Waals surface area contributed by atoms with E-state index in [1.165, 1.54) is 12.1 Å². The summed E-state index contributed by atoms with van der Waals surface area (Å²) < 4.78 is 13.0. The molecule has 160 valence electrons. The summed E-state index contributed by atoms with van der Waals surface area (Å²) in [5, 5.41) is 2.50. The Morgan fingerprint density at radius 3 is 2.31 bits per heavy atom. The highest BCUT2D eigenvalue weighted by molar-refractivity contribution is 6.16. The van der Waals surface area contributed by atoms with E-state index in [9.17, 15) is 18.8 Å². The van der Waals surface area contributed by atoms with Gasteiger partial charge in [-0.2, -0.15) is 0 Å². The number of carbonyl (C=O) groups is 3. The highest BCUT2D eigenvalue weighted by Gasteiger charge is 2.27. The Hall–Kier alpha value is -4.33. The number of nitrogens with zero attached hydrogens (tertiary/aromatic N) is 1. The van der Waals surface area contributed by atoms with E-state index in [0.717, 1.165) is 28.8 Å². The number of hydrazine groups is 1. The molecule has 1 atom stereocenters. The Morgan fingerprint density at radius 2 is 1.56 bits per heavy atom. The van der Waals surface area contributed by atoms with Crippen LogP contribution in [0.2, 0.25) is 0 Å². The Kier molecular flexibility index (Phi) is 6.03. The smallest absolute Gasteiger partial charge is 0.308 e. The average molecular weight is 430 g/mol. The number of fused-ring (bicyclic) bond motifs is 1. The van der Waals surface area contributed by atoms with Gasteiger partial charge in [0, 0.05) is 23.1 Å². The first-order chi connectivity index (χ1) is 15.5. The van der Waals surface area contributed by atoms with Gasteiger partial charge in [-0.25, -0.2) is 14.6 Å². The van der Waals surface area contributed by atoms with Crippen molar-refractivity contribution in [2.24, 2.45) is 4.99 Å².